The number of hydrogen-bond donors (Lipinski definition) is 1. The summed E-state index contributed by atoms with van der Waals surface area (Å²) in [6.07, 6.45) is 0.0449. The Balaban J connectivity index is 2.97. The van der Waals surface area contributed by atoms with Gasteiger partial charge in [-0.1, -0.05) is 20.8 Å². The molecule has 1 N–H and O–H groups in total. The van der Waals surface area contributed by atoms with Gasteiger partial charge in [0.25, 0.3) is 0 Å². The smallest absolute Gasteiger partial charge is 0.309 e. The van der Waals surface area contributed by atoms with Gasteiger partial charge in [-0.3, -0.25) is 4.79 Å². The predicted octanol–water partition coefficient (Wildman–Crippen LogP) is 4.30. The van der Waals surface area contributed by atoms with Crippen LogP contribution in [0.4, 0.5) is 0 Å². The van der Waals surface area contributed by atoms with E-state index >= 15 is 0 Å². The van der Waals surface area contributed by atoms with Crippen LogP contribution in [0, 0.1) is 0 Å². The maximum atomic E-state index is 12.3. The van der Waals surface area contributed by atoms with Gasteiger partial charge in [0.2, 0.25) is 0 Å². The lowest BCUT2D eigenvalue weighted by Gasteiger charge is -2.40. The minimum atomic E-state index is -2.16. The zero-order chi connectivity index (χ0) is 18.8. The maximum Gasteiger partial charge on any atom is 0.309 e. The number of aromatic nitrogens is 1. The highest BCUT2D eigenvalue weighted by molar-refractivity contribution is 7.09. The Bertz CT molecular complexity index is 532. The third kappa shape index (κ3) is 6.27. The second kappa shape index (κ2) is 7.64. The molecule has 0 unspecified atom stereocenters. The Morgan fingerprint density at radius 1 is 1.29 bits per heavy atom. The van der Waals surface area contributed by atoms with Crippen molar-refractivity contribution in [2.24, 2.45) is 0 Å². The van der Waals surface area contributed by atoms with Crippen LogP contribution < -0.4 is 0 Å². The molecule has 138 valence electrons. The summed E-state index contributed by atoms with van der Waals surface area (Å²) < 4.78 is 11.7. The van der Waals surface area contributed by atoms with Gasteiger partial charge in [0.1, 0.15) is 16.7 Å². The van der Waals surface area contributed by atoms with E-state index < -0.39 is 26.1 Å². The number of rotatable bonds is 6. The van der Waals surface area contributed by atoms with Crippen LogP contribution in [-0.2, 0) is 14.0 Å². The summed E-state index contributed by atoms with van der Waals surface area (Å²) in [6, 6.07) is 0. The molecule has 0 aliphatic rings. The van der Waals surface area contributed by atoms with E-state index in [1.54, 1.807) is 11.6 Å². The second-order valence-corrected chi connectivity index (χ2v) is 14.2. The summed E-state index contributed by atoms with van der Waals surface area (Å²) in [5.41, 5.74) is -0.565. The van der Waals surface area contributed by atoms with Gasteiger partial charge in [-0.2, -0.15) is 0 Å². The lowest BCUT2D eigenvalue weighted by Crippen LogP contribution is -2.46. The number of thiazole rings is 1. The molecule has 1 aromatic heterocycles. The Hall–Kier alpha value is -0.763. The summed E-state index contributed by atoms with van der Waals surface area (Å²) >= 11 is 1.36. The van der Waals surface area contributed by atoms with Crippen molar-refractivity contribution in [1.29, 1.82) is 0 Å². The molecule has 0 bridgehead atoms. The highest BCUT2D eigenvalue weighted by Gasteiger charge is 2.42. The van der Waals surface area contributed by atoms with Crippen molar-refractivity contribution in [1.82, 2.24) is 4.98 Å². The van der Waals surface area contributed by atoms with E-state index in [1.165, 1.54) is 11.3 Å². The Morgan fingerprint density at radius 3 is 2.29 bits per heavy atom. The first-order valence-corrected chi connectivity index (χ1v) is 12.0. The third-order valence-corrected chi connectivity index (χ3v) is 9.45. The molecular weight excluding hydrogens is 342 g/mol. The molecule has 0 aliphatic carbocycles. The van der Waals surface area contributed by atoms with E-state index in [0.29, 0.717) is 5.01 Å². The van der Waals surface area contributed by atoms with Gasteiger partial charge in [-0.15, -0.1) is 11.3 Å². The lowest BCUT2D eigenvalue weighted by atomic mass is 10.1. The molecule has 0 saturated carbocycles. The largest absolute Gasteiger partial charge is 0.460 e. The van der Waals surface area contributed by atoms with Gasteiger partial charge in [0.15, 0.2) is 8.32 Å². The molecule has 0 spiro atoms. The van der Waals surface area contributed by atoms with Gasteiger partial charge in [-0.25, -0.2) is 4.98 Å². The minimum Gasteiger partial charge on any atom is -0.460 e. The Labute approximate surface area is 150 Å². The van der Waals surface area contributed by atoms with Gasteiger partial charge in [0.05, 0.1) is 12.5 Å². The number of aliphatic hydroxyl groups is 1. The summed E-state index contributed by atoms with van der Waals surface area (Å²) in [5, 5.41) is 13.0. The highest BCUT2D eigenvalue weighted by Crippen LogP contribution is 2.39. The number of carbonyl (C=O) groups excluding carboxylic acids is 1. The zero-order valence-electron chi connectivity index (χ0n) is 16.0. The predicted molar refractivity (Wildman–Crippen MR) is 99.6 cm³/mol. The van der Waals surface area contributed by atoms with Crippen molar-refractivity contribution in [3.63, 3.8) is 0 Å². The molecule has 0 aromatic carbocycles. The molecule has 1 aromatic rings. The first kappa shape index (κ1) is 21.3. The number of nitrogens with zero attached hydrogens (tertiary/aromatic N) is 1. The van der Waals surface area contributed by atoms with Crippen molar-refractivity contribution in [2.45, 2.75) is 83.9 Å². The van der Waals surface area contributed by atoms with E-state index in [1.807, 2.05) is 20.8 Å². The first-order chi connectivity index (χ1) is 10.7. The highest BCUT2D eigenvalue weighted by atomic mass is 32.1. The minimum absolute atomic E-state index is 0.00449. The molecular formula is C17H31NO4SSi. The fourth-order valence-electron chi connectivity index (χ4n) is 1.86. The normalized spacial score (nSPS) is 15.9. The Kier molecular flexibility index (Phi) is 6.77. The molecule has 24 heavy (non-hydrogen) atoms. The van der Waals surface area contributed by atoms with Gasteiger partial charge < -0.3 is 14.3 Å². The van der Waals surface area contributed by atoms with Crippen LogP contribution in [0.3, 0.4) is 0 Å². The lowest BCUT2D eigenvalue weighted by molar-refractivity contribution is -0.158. The van der Waals surface area contributed by atoms with Crippen molar-refractivity contribution in [3.05, 3.63) is 16.6 Å². The quantitative estimate of drug-likeness (QED) is 0.595. The average molecular weight is 374 g/mol. The van der Waals surface area contributed by atoms with Crippen LogP contribution in [0.25, 0.3) is 0 Å². The summed E-state index contributed by atoms with van der Waals surface area (Å²) in [7, 11) is -2.16. The number of aliphatic hydroxyl groups excluding tert-OH is 1. The van der Waals surface area contributed by atoms with E-state index in [9.17, 15) is 9.90 Å². The third-order valence-electron chi connectivity index (χ3n) is 4.10. The molecule has 0 saturated heterocycles. The van der Waals surface area contributed by atoms with E-state index in [-0.39, 0.29) is 17.4 Å². The van der Waals surface area contributed by atoms with Gasteiger partial charge >= 0.3 is 5.97 Å². The summed E-state index contributed by atoms with van der Waals surface area (Å²) in [6.45, 7) is 16.1. The first-order valence-electron chi connectivity index (χ1n) is 8.20. The number of hydrogen-bond acceptors (Lipinski definition) is 6. The van der Waals surface area contributed by atoms with E-state index in [0.717, 1.165) is 0 Å². The molecule has 0 fully saturated rings. The SMILES string of the molecule is CC(C)(C)OC(=O)C[C@@H](O[Si](C)(C)C(C)(C)C)[C@H](O)c1nccs1. The standard InChI is InChI=1S/C17H31NO4SSi/c1-16(2,3)21-13(19)11-12(14(20)15-18-9-10-23-15)22-24(7,8)17(4,5)6/h9-10,12,14,20H,11H2,1-8H3/t12-,14+/m1/s1. The van der Waals surface area contributed by atoms with Crippen molar-refractivity contribution >= 4 is 25.6 Å². The van der Waals surface area contributed by atoms with Crippen LogP contribution in [0.5, 0.6) is 0 Å². The fraction of sp³-hybridized carbons (Fsp3) is 0.765. The van der Waals surface area contributed by atoms with Crippen molar-refractivity contribution in [2.75, 3.05) is 0 Å². The molecule has 0 radical (unpaired) electrons. The topological polar surface area (TPSA) is 68.7 Å². The summed E-state index contributed by atoms with van der Waals surface area (Å²) in [5.74, 6) is -0.373. The van der Waals surface area contributed by atoms with Crippen LogP contribution in [0.15, 0.2) is 11.6 Å². The van der Waals surface area contributed by atoms with E-state index in [4.69, 9.17) is 9.16 Å². The second-order valence-electron chi connectivity index (χ2n) is 8.52. The molecule has 1 rings (SSSR count). The van der Waals surface area contributed by atoms with Crippen LogP contribution in [0.1, 0.15) is 59.1 Å². The number of ether oxygens (including phenoxy) is 1. The van der Waals surface area contributed by atoms with Crippen molar-refractivity contribution < 1.29 is 19.1 Å². The Morgan fingerprint density at radius 2 is 1.88 bits per heavy atom. The van der Waals surface area contributed by atoms with E-state index in [2.05, 4.69) is 38.8 Å². The molecule has 5 nitrogen and oxygen atoms in total. The van der Waals surface area contributed by atoms with Crippen LogP contribution in [-0.4, -0.2) is 36.1 Å². The fourth-order valence-corrected chi connectivity index (χ4v) is 3.86. The molecule has 0 amide bonds. The molecule has 1 heterocycles. The van der Waals surface area contributed by atoms with Gasteiger partial charge in [-0.05, 0) is 38.9 Å². The monoisotopic (exact) mass is 373 g/mol. The maximum absolute atomic E-state index is 12.3. The number of carbonyl (C=O) groups is 1. The van der Waals surface area contributed by atoms with Crippen molar-refractivity contribution in [3.8, 4) is 0 Å². The van der Waals surface area contributed by atoms with Crippen LogP contribution >= 0.6 is 11.3 Å². The molecule has 7 heteroatoms. The molecule has 2 atom stereocenters. The average Bonchev–Trinajstić information content (AvgIpc) is 2.86. The molecule has 0 aliphatic heterocycles. The number of esters is 1. The summed E-state index contributed by atoms with van der Waals surface area (Å²) in [4.78, 5) is 16.4. The van der Waals surface area contributed by atoms with Crippen LogP contribution in [0.2, 0.25) is 18.1 Å². The van der Waals surface area contributed by atoms with Gasteiger partial charge in [0, 0.05) is 11.6 Å². The zero-order valence-corrected chi connectivity index (χ0v) is 17.9.